The molecule has 0 aromatic heterocycles. The van der Waals surface area contributed by atoms with Crippen molar-refractivity contribution in [2.24, 2.45) is 0 Å². The van der Waals surface area contributed by atoms with E-state index in [-0.39, 0.29) is 0 Å². The molecule has 0 aliphatic heterocycles. The van der Waals surface area contributed by atoms with E-state index in [0.717, 1.165) is 0 Å². The molecule has 0 bridgehead atoms. The van der Waals surface area contributed by atoms with Crippen molar-refractivity contribution in [1.82, 2.24) is 0 Å². The number of carbonyl (C=O) groups is 2. The number of benzene rings is 3. The minimum atomic E-state index is -1.36. The first-order valence-corrected chi connectivity index (χ1v) is 10.9. The fourth-order valence-corrected chi connectivity index (χ4v) is 3.16. The van der Waals surface area contributed by atoms with Crippen LogP contribution < -0.4 is 14.8 Å². The van der Waals surface area contributed by atoms with Crippen molar-refractivity contribution < 1.29 is 23.8 Å². The second kappa shape index (κ2) is 10.9. The fourth-order valence-electron chi connectivity index (χ4n) is 3.04. The van der Waals surface area contributed by atoms with Gasteiger partial charge in [0.15, 0.2) is 5.60 Å². The van der Waals surface area contributed by atoms with Gasteiger partial charge in [-0.05, 0) is 57.2 Å². The Bertz CT molecular complexity index is 1080. The average Bonchev–Trinajstić information content (AvgIpc) is 2.80. The molecule has 0 radical (unpaired) electrons. The second-order valence-electron chi connectivity index (χ2n) is 7.68. The van der Waals surface area contributed by atoms with Gasteiger partial charge in [-0.15, -0.1) is 0 Å². The molecule has 3 aromatic rings. The van der Waals surface area contributed by atoms with E-state index in [1.165, 1.54) is 0 Å². The summed E-state index contributed by atoms with van der Waals surface area (Å²) in [6, 6.07) is 22.5. The van der Waals surface area contributed by atoms with Gasteiger partial charge in [-0.2, -0.15) is 0 Å². The molecule has 1 unspecified atom stereocenters. The molecule has 0 fully saturated rings. The monoisotopic (exact) mass is 467 g/mol. The molecule has 7 heteroatoms. The Kier molecular flexibility index (Phi) is 7.96. The van der Waals surface area contributed by atoms with Crippen LogP contribution >= 0.6 is 11.6 Å². The van der Waals surface area contributed by atoms with E-state index in [2.05, 4.69) is 5.32 Å². The lowest BCUT2D eigenvalue weighted by molar-refractivity contribution is -0.168. The zero-order chi connectivity index (χ0) is 23.8. The molecule has 6 nitrogen and oxygen atoms in total. The first-order chi connectivity index (χ1) is 15.8. The van der Waals surface area contributed by atoms with Gasteiger partial charge in [0.25, 0.3) is 5.91 Å². The fraction of sp³-hybridized carbons (Fsp3) is 0.231. The SMILES string of the molecule is CCOc1ccccc1NC(=O)C(OC(=O)C(C)(C)Oc1ccc(Cl)cc1)c1ccccc1. The van der Waals surface area contributed by atoms with E-state index in [0.29, 0.717) is 34.4 Å². The molecule has 1 amide bonds. The van der Waals surface area contributed by atoms with Crippen LogP contribution in [-0.2, 0) is 14.3 Å². The number of nitrogens with one attached hydrogen (secondary N) is 1. The predicted octanol–water partition coefficient (Wildman–Crippen LogP) is 5.82. The van der Waals surface area contributed by atoms with Crippen molar-refractivity contribution in [3.63, 3.8) is 0 Å². The van der Waals surface area contributed by atoms with Crippen LogP contribution in [0.2, 0.25) is 5.02 Å². The predicted molar refractivity (Wildman–Crippen MR) is 128 cm³/mol. The van der Waals surface area contributed by atoms with E-state index < -0.39 is 23.6 Å². The van der Waals surface area contributed by atoms with Crippen LogP contribution in [0.25, 0.3) is 0 Å². The molecule has 0 saturated heterocycles. The summed E-state index contributed by atoms with van der Waals surface area (Å²) in [5, 5.41) is 3.36. The van der Waals surface area contributed by atoms with Crippen LogP contribution in [0, 0.1) is 0 Å². The van der Waals surface area contributed by atoms with Gasteiger partial charge in [0.05, 0.1) is 12.3 Å². The Labute approximate surface area is 198 Å². The largest absolute Gasteiger partial charge is 0.492 e. The van der Waals surface area contributed by atoms with Crippen LogP contribution in [-0.4, -0.2) is 24.1 Å². The summed E-state index contributed by atoms with van der Waals surface area (Å²) >= 11 is 5.91. The number of hydrogen-bond donors (Lipinski definition) is 1. The van der Waals surface area contributed by atoms with Gasteiger partial charge in [0.1, 0.15) is 11.5 Å². The van der Waals surface area contributed by atoms with Crippen LogP contribution in [0.5, 0.6) is 11.5 Å². The number of para-hydroxylation sites is 2. The van der Waals surface area contributed by atoms with E-state index in [9.17, 15) is 9.59 Å². The number of anilines is 1. The van der Waals surface area contributed by atoms with E-state index in [1.54, 1.807) is 80.6 Å². The molecule has 0 saturated carbocycles. The Balaban J connectivity index is 1.81. The highest BCUT2D eigenvalue weighted by Crippen LogP contribution is 2.28. The van der Waals surface area contributed by atoms with Gasteiger partial charge in [-0.3, -0.25) is 4.79 Å². The summed E-state index contributed by atoms with van der Waals surface area (Å²) in [5.41, 5.74) is -0.345. The zero-order valence-corrected chi connectivity index (χ0v) is 19.5. The van der Waals surface area contributed by atoms with Crippen LogP contribution in [0.4, 0.5) is 5.69 Å². The van der Waals surface area contributed by atoms with Gasteiger partial charge >= 0.3 is 5.97 Å². The summed E-state index contributed by atoms with van der Waals surface area (Å²) in [6.07, 6.45) is -1.19. The maximum absolute atomic E-state index is 13.2. The van der Waals surface area contributed by atoms with Crippen LogP contribution in [0.3, 0.4) is 0 Å². The maximum Gasteiger partial charge on any atom is 0.351 e. The Hall–Kier alpha value is -3.51. The van der Waals surface area contributed by atoms with E-state index in [4.69, 9.17) is 25.8 Å². The van der Waals surface area contributed by atoms with Crippen molar-refractivity contribution in [3.05, 3.63) is 89.4 Å². The van der Waals surface area contributed by atoms with Crippen molar-refractivity contribution in [2.45, 2.75) is 32.5 Å². The lowest BCUT2D eigenvalue weighted by Gasteiger charge is -2.27. The van der Waals surface area contributed by atoms with Crippen molar-refractivity contribution in [1.29, 1.82) is 0 Å². The number of amides is 1. The number of carbonyl (C=O) groups excluding carboxylic acids is 2. The summed E-state index contributed by atoms with van der Waals surface area (Å²) in [4.78, 5) is 26.3. The molecule has 0 aliphatic rings. The topological polar surface area (TPSA) is 73.9 Å². The quantitative estimate of drug-likeness (QED) is 0.401. The molecule has 172 valence electrons. The third-order valence-corrected chi connectivity index (χ3v) is 4.94. The third kappa shape index (κ3) is 6.49. The number of ether oxygens (including phenoxy) is 3. The third-order valence-electron chi connectivity index (χ3n) is 4.69. The average molecular weight is 468 g/mol. The normalized spacial score (nSPS) is 11.9. The number of esters is 1. The first kappa shape index (κ1) is 24.1. The molecule has 3 aromatic carbocycles. The minimum absolute atomic E-state index is 0.445. The van der Waals surface area contributed by atoms with Gasteiger partial charge in [-0.1, -0.05) is 54.1 Å². The van der Waals surface area contributed by atoms with Gasteiger partial charge < -0.3 is 19.5 Å². The Morgan fingerprint density at radius 1 is 0.939 bits per heavy atom. The molecule has 1 atom stereocenters. The highest BCUT2D eigenvalue weighted by atomic mass is 35.5. The van der Waals surface area contributed by atoms with Gasteiger partial charge in [-0.25, -0.2) is 4.79 Å². The summed E-state index contributed by atoms with van der Waals surface area (Å²) in [5.74, 6) is -0.228. The van der Waals surface area contributed by atoms with E-state index in [1.807, 2.05) is 19.1 Å². The zero-order valence-electron chi connectivity index (χ0n) is 18.7. The lowest BCUT2D eigenvalue weighted by Crippen LogP contribution is -2.41. The first-order valence-electron chi connectivity index (χ1n) is 10.5. The molecule has 1 N–H and O–H groups in total. The Morgan fingerprint density at radius 3 is 2.24 bits per heavy atom. The Morgan fingerprint density at radius 2 is 1.58 bits per heavy atom. The summed E-state index contributed by atoms with van der Waals surface area (Å²) in [6.45, 7) is 5.46. The van der Waals surface area contributed by atoms with Crippen LogP contribution in [0.15, 0.2) is 78.9 Å². The highest BCUT2D eigenvalue weighted by molar-refractivity contribution is 6.30. The number of halogens is 1. The maximum atomic E-state index is 13.2. The lowest BCUT2D eigenvalue weighted by atomic mass is 10.1. The smallest absolute Gasteiger partial charge is 0.351 e. The molecular weight excluding hydrogens is 442 g/mol. The molecule has 3 rings (SSSR count). The standard InChI is InChI=1S/C26H26ClNO5/c1-4-31-22-13-9-8-12-21(22)28-24(29)23(18-10-6-5-7-11-18)32-25(30)26(2,3)33-20-16-14-19(27)15-17-20/h5-17,23H,4H2,1-3H3,(H,28,29). The van der Waals surface area contributed by atoms with Crippen molar-refractivity contribution >= 4 is 29.2 Å². The number of rotatable bonds is 9. The summed E-state index contributed by atoms with van der Waals surface area (Å²) in [7, 11) is 0. The van der Waals surface area contributed by atoms with Gasteiger partial charge in [0, 0.05) is 10.6 Å². The van der Waals surface area contributed by atoms with Gasteiger partial charge in [0.2, 0.25) is 6.10 Å². The molecule has 0 heterocycles. The van der Waals surface area contributed by atoms with Crippen molar-refractivity contribution in [3.8, 4) is 11.5 Å². The van der Waals surface area contributed by atoms with Crippen molar-refractivity contribution in [2.75, 3.05) is 11.9 Å². The molecule has 0 spiro atoms. The molecule has 0 aliphatic carbocycles. The van der Waals surface area contributed by atoms with Crippen LogP contribution in [0.1, 0.15) is 32.4 Å². The summed E-state index contributed by atoms with van der Waals surface area (Å²) < 4.78 is 17.1. The molecular formula is C26H26ClNO5. The van der Waals surface area contributed by atoms with E-state index >= 15 is 0 Å². The molecule has 33 heavy (non-hydrogen) atoms. The highest BCUT2D eigenvalue weighted by Gasteiger charge is 2.36. The number of hydrogen-bond acceptors (Lipinski definition) is 5. The minimum Gasteiger partial charge on any atom is -0.492 e. The second-order valence-corrected chi connectivity index (χ2v) is 8.12.